The summed E-state index contributed by atoms with van der Waals surface area (Å²) in [6.07, 6.45) is 4.55. The van der Waals surface area contributed by atoms with Crippen LogP contribution in [0.3, 0.4) is 0 Å². The van der Waals surface area contributed by atoms with Crippen LogP contribution in [0.25, 0.3) is 0 Å². The summed E-state index contributed by atoms with van der Waals surface area (Å²) in [5.41, 5.74) is 7.22. The number of carbonyl (C=O) groups excluding carboxylic acids is 2. The molecular weight excluding hydrogens is 384 g/mol. The summed E-state index contributed by atoms with van der Waals surface area (Å²) in [6, 6.07) is 6.82. The summed E-state index contributed by atoms with van der Waals surface area (Å²) < 4.78 is 5.50. The number of hydrogen-bond acceptors (Lipinski definition) is 6. The van der Waals surface area contributed by atoms with E-state index in [4.69, 9.17) is 15.9 Å². The topological polar surface area (TPSA) is 143 Å². The van der Waals surface area contributed by atoms with Crippen molar-refractivity contribution in [1.82, 2.24) is 4.98 Å². The van der Waals surface area contributed by atoms with Crippen molar-refractivity contribution < 1.29 is 14.3 Å². The molecule has 156 valence electrons. The Morgan fingerprint density at radius 1 is 1.33 bits per heavy atom. The molecule has 1 fully saturated rings. The van der Waals surface area contributed by atoms with Crippen molar-refractivity contribution in [3.05, 3.63) is 41.6 Å². The lowest BCUT2D eigenvalue weighted by molar-refractivity contribution is -0.115. The number of methoxy groups -OCH3 is 1. The molecule has 1 saturated carbocycles. The molecule has 1 heterocycles. The Morgan fingerprint density at radius 2 is 2.10 bits per heavy atom. The molecular formula is C21H24N6O3. The molecule has 1 aromatic heterocycles. The van der Waals surface area contributed by atoms with Gasteiger partial charge >= 0.3 is 0 Å². The molecule has 9 nitrogen and oxygen atoms in total. The van der Waals surface area contributed by atoms with E-state index in [0.717, 1.165) is 19.2 Å². The van der Waals surface area contributed by atoms with Gasteiger partial charge in [0.25, 0.3) is 0 Å². The Hall–Kier alpha value is -3.75. The van der Waals surface area contributed by atoms with E-state index < -0.39 is 0 Å². The molecule has 1 aromatic carbocycles. The Labute approximate surface area is 174 Å². The fraction of sp³-hybridized carbons (Fsp3) is 0.286. The summed E-state index contributed by atoms with van der Waals surface area (Å²) in [4.78, 5) is 32.5. The Morgan fingerprint density at radius 3 is 2.73 bits per heavy atom. The van der Waals surface area contributed by atoms with Gasteiger partial charge in [-0.3, -0.25) is 15.0 Å². The van der Waals surface area contributed by atoms with Gasteiger partial charge in [0.15, 0.2) is 17.4 Å². The molecule has 1 aliphatic carbocycles. The molecule has 0 atom stereocenters. The summed E-state index contributed by atoms with van der Waals surface area (Å²) in [7, 11) is 1.49. The number of ether oxygens (including phenoxy) is 1. The van der Waals surface area contributed by atoms with Crippen LogP contribution in [0, 0.1) is 11.3 Å². The number of hydrogen-bond donors (Lipinski definition) is 4. The number of Topliss-reactive ketones (excluding diaryl/α,β-unsaturated/α-hetero) is 1. The molecule has 5 N–H and O–H groups in total. The molecule has 3 rings (SSSR count). The number of ketones is 1. The predicted octanol–water partition coefficient (Wildman–Crippen LogP) is 3.09. The first-order chi connectivity index (χ1) is 14.5. The lowest BCUT2D eigenvalue weighted by Crippen LogP contribution is -2.13. The highest BCUT2D eigenvalue weighted by Gasteiger charge is 2.32. The van der Waals surface area contributed by atoms with E-state index >= 15 is 0 Å². The molecule has 2 aromatic rings. The first-order valence-corrected chi connectivity index (χ1v) is 9.59. The lowest BCUT2D eigenvalue weighted by atomic mass is 10.1. The average Bonchev–Trinajstić information content (AvgIpc) is 3.59. The molecule has 0 spiro atoms. The average molecular weight is 408 g/mol. The molecule has 0 unspecified atom stereocenters. The number of nitrogens with two attached hydrogens (primary N) is 1. The number of nitrogens with one attached hydrogen (secondary N) is 3. The van der Waals surface area contributed by atoms with Crippen LogP contribution in [-0.2, 0) is 4.79 Å². The smallest absolute Gasteiger partial charge is 0.225 e. The molecule has 0 aliphatic heterocycles. The zero-order chi connectivity index (χ0) is 21.7. The van der Waals surface area contributed by atoms with Crippen molar-refractivity contribution in [3.8, 4) is 5.75 Å². The van der Waals surface area contributed by atoms with Gasteiger partial charge in [0.1, 0.15) is 5.82 Å². The molecule has 30 heavy (non-hydrogen) atoms. The number of amidine groups is 1. The van der Waals surface area contributed by atoms with Crippen LogP contribution >= 0.6 is 0 Å². The van der Waals surface area contributed by atoms with E-state index in [-0.39, 0.29) is 23.4 Å². The van der Waals surface area contributed by atoms with Crippen LogP contribution in [0.5, 0.6) is 5.75 Å². The monoisotopic (exact) mass is 408 g/mol. The molecule has 0 saturated heterocycles. The second-order valence-corrected chi connectivity index (χ2v) is 6.79. The van der Waals surface area contributed by atoms with E-state index in [0.29, 0.717) is 40.5 Å². The van der Waals surface area contributed by atoms with Crippen LogP contribution < -0.4 is 21.1 Å². The number of amides is 1. The van der Waals surface area contributed by atoms with Crippen LogP contribution in [0.15, 0.2) is 35.5 Å². The Kier molecular flexibility index (Phi) is 6.41. The highest BCUT2D eigenvalue weighted by atomic mass is 16.5. The maximum absolute atomic E-state index is 12.8. The number of nitrogens with zero attached hydrogens (tertiary/aromatic N) is 2. The van der Waals surface area contributed by atoms with Crippen LogP contribution in [0.4, 0.5) is 17.2 Å². The van der Waals surface area contributed by atoms with E-state index in [1.807, 2.05) is 0 Å². The number of aliphatic imine (C=N–C) groups is 1. The zero-order valence-electron chi connectivity index (χ0n) is 16.9. The van der Waals surface area contributed by atoms with Crippen LogP contribution in [-0.4, -0.2) is 36.0 Å². The Bertz CT molecular complexity index is 1010. The molecule has 0 radical (unpaired) electrons. The fourth-order valence-corrected chi connectivity index (χ4v) is 2.95. The van der Waals surface area contributed by atoms with Gasteiger partial charge < -0.3 is 21.1 Å². The van der Waals surface area contributed by atoms with Gasteiger partial charge in [-0.15, -0.1) is 0 Å². The third-order valence-electron chi connectivity index (χ3n) is 4.65. The number of carbonyl (C=O) groups is 2. The third-order valence-corrected chi connectivity index (χ3v) is 4.65. The van der Waals surface area contributed by atoms with E-state index in [1.165, 1.54) is 13.3 Å². The molecule has 1 aliphatic rings. The van der Waals surface area contributed by atoms with Crippen molar-refractivity contribution in [2.45, 2.75) is 26.2 Å². The van der Waals surface area contributed by atoms with Gasteiger partial charge in [-0.25, -0.2) is 9.98 Å². The van der Waals surface area contributed by atoms with Gasteiger partial charge in [0, 0.05) is 24.6 Å². The number of anilines is 3. The maximum Gasteiger partial charge on any atom is 0.225 e. The molecule has 0 bridgehead atoms. The third kappa shape index (κ3) is 4.62. The minimum atomic E-state index is -0.178. The number of pyridine rings is 1. The second-order valence-electron chi connectivity index (χ2n) is 6.79. The number of benzene rings is 1. The van der Waals surface area contributed by atoms with Gasteiger partial charge in [-0.2, -0.15) is 0 Å². The molecule has 1 amide bonds. The van der Waals surface area contributed by atoms with Crippen LogP contribution in [0.2, 0.25) is 0 Å². The molecule has 9 heteroatoms. The highest BCUT2D eigenvalue weighted by Crippen LogP contribution is 2.37. The van der Waals surface area contributed by atoms with E-state index in [9.17, 15) is 9.59 Å². The standard InChI is InChI=1S/C21H24N6O3/c1-3-18(28)27-17-9-16(14(10-24-17)19(29)12-7-8-12)26-15-6-4-5-13(20(15)30-2)21(23)25-11-22/h4-6,9-12H,3,7-8H2,1-2H3,(H3,22,23,25)(H2,24,26,27,28). The normalized spacial score (nSPS) is 13.1. The summed E-state index contributed by atoms with van der Waals surface area (Å²) in [6.45, 7) is 1.74. The number of aromatic nitrogens is 1. The first-order valence-electron chi connectivity index (χ1n) is 9.59. The second kappa shape index (κ2) is 9.17. The quantitative estimate of drug-likeness (QED) is 0.300. The summed E-state index contributed by atoms with van der Waals surface area (Å²) in [5, 5.41) is 14.0. The van der Waals surface area contributed by atoms with Gasteiger partial charge in [0.05, 0.1) is 36.0 Å². The minimum absolute atomic E-state index is 0.00346. The van der Waals surface area contributed by atoms with Gasteiger partial charge in [-0.1, -0.05) is 13.0 Å². The largest absolute Gasteiger partial charge is 0.494 e. The van der Waals surface area contributed by atoms with Gasteiger partial charge in [-0.05, 0) is 25.0 Å². The Balaban J connectivity index is 2.02. The lowest BCUT2D eigenvalue weighted by Gasteiger charge is -2.17. The highest BCUT2D eigenvalue weighted by molar-refractivity contribution is 6.06. The fourth-order valence-electron chi connectivity index (χ4n) is 2.95. The van der Waals surface area contributed by atoms with Crippen molar-refractivity contribution >= 4 is 41.1 Å². The van der Waals surface area contributed by atoms with Crippen molar-refractivity contribution in [2.24, 2.45) is 16.6 Å². The summed E-state index contributed by atoms with van der Waals surface area (Å²) in [5.74, 6) is 0.499. The maximum atomic E-state index is 12.8. The summed E-state index contributed by atoms with van der Waals surface area (Å²) >= 11 is 0. The predicted molar refractivity (Wildman–Crippen MR) is 116 cm³/mol. The van der Waals surface area contributed by atoms with Gasteiger partial charge in [0.2, 0.25) is 5.91 Å². The van der Waals surface area contributed by atoms with E-state index in [2.05, 4.69) is 20.6 Å². The van der Waals surface area contributed by atoms with Crippen molar-refractivity contribution in [2.75, 3.05) is 17.7 Å². The minimum Gasteiger partial charge on any atom is -0.494 e. The SMILES string of the molecule is CCC(=O)Nc1cc(Nc2cccc(C(=N)/N=C\N)c2OC)c(C(=O)C2CC2)cn1. The number of para-hydroxylation sites is 1. The number of rotatable bonds is 8. The first kappa shape index (κ1) is 21.0. The van der Waals surface area contributed by atoms with Crippen LogP contribution in [0.1, 0.15) is 42.1 Å². The van der Waals surface area contributed by atoms with Crippen molar-refractivity contribution in [3.63, 3.8) is 0 Å². The van der Waals surface area contributed by atoms with E-state index in [1.54, 1.807) is 31.2 Å². The zero-order valence-corrected chi connectivity index (χ0v) is 16.9. The van der Waals surface area contributed by atoms with Crippen molar-refractivity contribution in [1.29, 1.82) is 5.41 Å².